The first-order valence-corrected chi connectivity index (χ1v) is 6.42. The van der Waals surface area contributed by atoms with Gasteiger partial charge in [-0.3, -0.25) is 0 Å². The highest BCUT2D eigenvalue weighted by Crippen LogP contribution is 2.27. The van der Waals surface area contributed by atoms with E-state index in [4.69, 9.17) is 0 Å². The zero-order chi connectivity index (χ0) is 9.10. The van der Waals surface area contributed by atoms with Gasteiger partial charge in [0.1, 0.15) is 0 Å². The molecule has 0 bridgehead atoms. The smallest absolute Gasteiger partial charge is 0.0345 e. The van der Waals surface area contributed by atoms with Crippen LogP contribution in [0.15, 0.2) is 30.3 Å². The molecule has 0 aliphatic rings. The molecule has 0 unspecified atom stereocenters. The minimum atomic E-state index is 1.16. The molecule has 0 radical (unpaired) electrons. The van der Waals surface area contributed by atoms with Crippen molar-refractivity contribution in [1.29, 1.82) is 0 Å². The number of thioether (sulfide) groups is 1. The second-order valence-corrected chi connectivity index (χ2v) is 5.33. The maximum Gasteiger partial charge on any atom is 0.0345 e. The van der Waals surface area contributed by atoms with E-state index in [2.05, 4.69) is 37.3 Å². The Bertz CT molecular complexity index is 357. The average molecular weight is 208 g/mol. The van der Waals surface area contributed by atoms with E-state index in [0.29, 0.717) is 0 Å². The first kappa shape index (κ1) is 9.10. The van der Waals surface area contributed by atoms with Crippen LogP contribution in [0.5, 0.6) is 0 Å². The third-order valence-electron chi connectivity index (χ3n) is 1.92. The number of hydrogen-bond donors (Lipinski definition) is 0. The van der Waals surface area contributed by atoms with E-state index in [1.807, 2.05) is 23.1 Å². The summed E-state index contributed by atoms with van der Waals surface area (Å²) in [5, 5.41) is 1.39. The number of thiophene rings is 1. The van der Waals surface area contributed by atoms with Crippen LogP contribution in [-0.2, 0) is 5.75 Å². The van der Waals surface area contributed by atoms with Gasteiger partial charge in [-0.1, -0.05) is 25.1 Å². The molecule has 1 aromatic carbocycles. The molecular weight excluding hydrogens is 196 g/mol. The molecule has 0 saturated carbocycles. The lowest BCUT2D eigenvalue weighted by molar-refractivity contribution is 1.47. The summed E-state index contributed by atoms with van der Waals surface area (Å²) >= 11 is 3.90. The van der Waals surface area contributed by atoms with Crippen molar-refractivity contribution in [3.63, 3.8) is 0 Å². The number of benzene rings is 1. The van der Waals surface area contributed by atoms with Crippen molar-refractivity contribution >= 4 is 33.2 Å². The molecule has 13 heavy (non-hydrogen) atoms. The summed E-state index contributed by atoms with van der Waals surface area (Å²) in [5.41, 5.74) is 0. The van der Waals surface area contributed by atoms with Crippen molar-refractivity contribution in [2.45, 2.75) is 12.7 Å². The topological polar surface area (TPSA) is 0 Å². The normalized spacial score (nSPS) is 10.8. The van der Waals surface area contributed by atoms with Crippen LogP contribution in [0.2, 0.25) is 0 Å². The molecule has 68 valence electrons. The SMILES string of the molecule is CCSCc1cc2ccccc2s1. The predicted molar refractivity (Wildman–Crippen MR) is 63.7 cm³/mol. The van der Waals surface area contributed by atoms with E-state index in [1.54, 1.807) is 0 Å². The molecule has 0 fully saturated rings. The Balaban J connectivity index is 2.28. The minimum Gasteiger partial charge on any atom is -0.157 e. The largest absolute Gasteiger partial charge is 0.157 e. The molecular formula is C11H12S2. The monoisotopic (exact) mass is 208 g/mol. The van der Waals surface area contributed by atoms with E-state index in [1.165, 1.54) is 20.7 Å². The fraction of sp³-hybridized carbons (Fsp3) is 0.273. The van der Waals surface area contributed by atoms with Gasteiger partial charge in [0.15, 0.2) is 0 Å². The number of hydrogen-bond acceptors (Lipinski definition) is 2. The Morgan fingerprint density at radius 2 is 2.15 bits per heavy atom. The first-order chi connectivity index (χ1) is 6.40. The molecule has 0 saturated heterocycles. The molecule has 0 spiro atoms. The van der Waals surface area contributed by atoms with Gasteiger partial charge in [0, 0.05) is 15.3 Å². The fourth-order valence-corrected chi connectivity index (χ4v) is 3.14. The molecule has 1 aromatic heterocycles. The molecule has 2 heteroatoms. The van der Waals surface area contributed by atoms with Gasteiger partial charge in [0.25, 0.3) is 0 Å². The molecule has 0 nitrogen and oxygen atoms in total. The van der Waals surface area contributed by atoms with Crippen molar-refractivity contribution in [1.82, 2.24) is 0 Å². The molecule has 0 aliphatic heterocycles. The molecule has 0 N–H and O–H groups in total. The fourth-order valence-electron chi connectivity index (χ4n) is 1.31. The minimum absolute atomic E-state index is 1.16. The summed E-state index contributed by atoms with van der Waals surface area (Å²) in [5.74, 6) is 2.37. The summed E-state index contributed by atoms with van der Waals surface area (Å²) in [6.07, 6.45) is 0. The van der Waals surface area contributed by atoms with E-state index in [9.17, 15) is 0 Å². The van der Waals surface area contributed by atoms with Crippen molar-refractivity contribution in [3.8, 4) is 0 Å². The van der Waals surface area contributed by atoms with Gasteiger partial charge in [0.2, 0.25) is 0 Å². The lowest BCUT2D eigenvalue weighted by Crippen LogP contribution is -1.71. The van der Waals surface area contributed by atoms with Crippen molar-refractivity contribution in [2.24, 2.45) is 0 Å². The Morgan fingerprint density at radius 1 is 1.31 bits per heavy atom. The van der Waals surface area contributed by atoms with E-state index in [-0.39, 0.29) is 0 Å². The second-order valence-electron chi connectivity index (χ2n) is 2.89. The maximum absolute atomic E-state index is 2.31. The van der Waals surface area contributed by atoms with Crippen LogP contribution in [0.4, 0.5) is 0 Å². The third kappa shape index (κ3) is 2.06. The maximum atomic E-state index is 2.31. The molecule has 0 atom stereocenters. The predicted octanol–water partition coefficient (Wildman–Crippen LogP) is 4.15. The van der Waals surface area contributed by atoms with Crippen LogP contribution < -0.4 is 0 Å². The summed E-state index contributed by atoms with van der Waals surface area (Å²) in [6, 6.07) is 10.9. The quantitative estimate of drug-likeness (QED) is 0.730. The molecule has 0 amide bonds. The summed E-state index contributed by atoms with van der Waals surface area (Å²) in [6.45, 7) is 2.21. The van der Waals surface area contributed by atoms with Gasteiger partial charge in [-0.05, 0) is 23.3 Å². The van der Waals surface area contributed by atoms with Crippen molar-refractivity contribution in [3.05, 3.63) is 35.2 Å². The third-order valence-corrected chi connectivity index (χ3v) is 4.15. The highest BCUT2D eigenvalue weighted by molar-refractivity contribution is 7.98. The lowest BCUT2D eigenvalue weighted by Gasteiger charge is -1.91. The zero-order valence-electron chi connectivity index (χ0n) is 7.62. The highest BCUT2D eigenvalue weighted by Gasteiger charge is 1.99. The van der Waals surface area contributed by atoms with Gasteiger partial charge in [-0.25, -0.2) is 0 Å². The van der Waals surface area contributed by atoms with Crippen LogP contribution in [0.1, 0.15) is 11.8 Å². The Hall–Kier alpha value is -0.470. The van der Waals surface area contributed by atoms with Crippen LogP contribution in [0.25, 0.3) is 10.1 Å². The standard InChI is InChI=1S/C11H12S2/c1-2-12-8-10-7-9-5-3-4-6-11(9)13-10/h3-7H,2,8H2,1H3. The Kier molecular flexibility index (Phi) is 2.91. The van der Waals surface area contributed by atoms with Gasteiger partial charge >= 0.3 is 0 Å². The number of rotatable bonds is 3. The average Bonchev–Trinajstić information content (AvgIpc) is 2.57. The Morgan fingerprint density at radius 3 is 2.92 bits per heavy atom. The van der Waals surface area contributed by atoms with Crippen molar-refractivity contribution < 1.29 is 0 Å². The van der Waals surface area contributed by atoms with E-state index >= 15 is 0 Å². The number of fused-ring (bicyclic) bond motifs is 1. The van der Waals surface area contributed by atoms with Crippen molar-refractivity contribution in [2.75, 3.05) is 5.75 Å². The molecule has 1 heterocycles. The van der Waals surface area contributed by atoms with Gasteiger partial charge in [-0.15, -0.1) is 11.3 Å². The molecule has 2 rings (SSSR count). The van der Waals surface area contributed by atoms with Crippen LogP contribution in [-0.4, -0.2) is 5.75 Å². The van der Waals surface area contributed by atoms with Gasteiger partial charge in [-0.2, -0.15) is 11.8 Å². The van der Waals surface area contributed by atoms with Crippen LogP contribution >= 0.6 is 23.1 Å². The molecule has 0 aliphatic carbocycles. The summed E-state index contributed by atoms with van der Waals surface area (Å²) < 4.78 is 1.41. The van der Waals surface area contributed by atoms with E-state index in [0.717, 1.165) is 5.75 Å². The summed E-state index contributed by atoms with van der Waals surface area (Å²) in [7, 11) is 0. The first-order valence-electron chi connectivity index (χ1n) is 4.45. The van der Waals surface area contributed by atoms with E-state index < -0.39 is 0 Å². The summed E-state index contributed by atoms with van der Waals surface area (Å²) in [4.78, 5) is 1.49. The van der Waals surface area contributed by atoms with Crippen LogP contribution in [0, 0.1) is 0 Å². The lowest BCUT2D eigenvalue weighted by atomic mass is 10.2. The Labute approximate surface area is 87.0 Å². The van der Waals surface area contributed by atoms with Crippen LogP contribution in [0.3, 0.4) is 0 Å². The zero-order valence-corrected chi connectivity index (χ0v) is 9.25. The van der Waals surface area contributed by atoms with Gasteiger partial charge < -0.3 is 0 Å². The molecule has 2 aromatic rings. The van der Waals surface area contributed by atoms with Gasteiger partial charge in [0.05, 0.1) is 0 Å². The second kappa shape index (κ2) is 4.16. The highest BCUT2D eigenvalue weighted by atomic mass is 32.2.